The number of allylic oxidation sites excluding steroid dienone is 1. The molecule has 2 unspecified atom stereocenters. The number of amides is 2. The van der Waals surface area contributed by atoms with Crippen LogP contribution in [0.5, 0.6) is 0 Å². The Hall–Kier alpha value is -2.58. The third kappa shape index (κ3) is 5.74. The molecule has 7 nitrogen and oxygen atoms in total. The van der Waals surface area contributed by atoms with Crippen molar-refractivity contribution in [1.29, 1.82) is 0 Å². The van der Waals surface area contributed by atoms with Gasteiger partial charge in [-0.05, 0) is 70.4 Å². The van der Waals surface area contributed by atoms with E-state index in [9.17, 15) is 19.5 Å². The highest BCUT2D eigenvalue weighted by Gasteiger charge is 2.77. The number of likely N-dealkylation sites (tertiary alicyclic amines) is 1. The lowest BCUT2D eigenvalue weighted by Crippen LogP contribution is -2.55. The molecule has 4 rings (SSSR count). The van der Waals surface area contributed by atoms with Crippen LogP contribution in [0.25, 0.3) is 0 Å². The molecular weight excluding hydrogens is 536 g/mol. The van der Waals surface area contributed by atoms with Crippen molar-refractivity contribution in [3.8, 4) is 0 Å². The number of para-hydroxylation sites is 1. The number of aryl methyl sites for hydroxylation is 2. The first-order valence-electron chi connectivity index (χ1n) is 15.0. The highest BCUT2D eigenvalue weighted by atomic mass is 32.2. The maximum absolute atomic E-state index is 14.8. The molecule has 0 aliphatic carbocycles. The van der Waals surface area contributed by atoms with Gasteiger partial charge in [0.1, 0.15) is 6.04 Å². The number of aliphatic hydroxyl groups excluding tert-OH is 1. The molecule has 2 bridgehead atoms. The maximum Gasteiger partial charge on any atom is 0.311 e. The second kappa shape index (κ2) is 13.2. The molecule has 3 aliphatic rings. The van der Waals surface area contributed by atoms with Gasteiger partial charge < -0.3 is 19.6 Å². The van der Waals surface area contributed by atoms with E-state index < -0.39 is 27.4 Å². The van der Waals surface area contributed by atoms with Crippen LogP contribution in [0.4, 0.5) is 5.69 Å². The van der Waals surface area contributed by atoms with Crippen LogP contribution in [-0.2, 0) is 19.1 Å². The highest BCUT2D eigenvalue weighted by molar-refractivity contribution is 8.02. The number of carbonyl (C=O) groups is 3. The van der Waals surface area contributed by atoms with E-state index in [-0.39, 0.29) is 24.4 Å². The monoisotopic (exact) mass is 582 g/mol. The van der Waals surface area contributed by atoms with Crippen molar-refractivity contribution in [2.75, 3.05) is 31.2 Å². The largest absolute Gasteiger partial charge is 0.465 e. The Balaban J connectivity index is 1.72. The van der Waals surface area contributed by atoms with Crippen LogP contribution in [-0.4, -0.2) is 69.6 Å². The summed E-state index contributed by atoms with van der Waals surface area (Å²) in [6, 6.07) is 5.31. The van der Waals surface area contributed by atoms with Gasteiger partial charge in [0.2, 0.25) is 5.91 Å². The minimum Gasteiger partial charge on any atom is -0.465 e. The molecule has 0 saturated carbocycles. The molecule has 0 radical (unpaired) electrons. The summed E-state index contributed by atoms with van der Waals surface area (Å²) in [5.41, 5.74) is 2.84. The lowest BCUT2D eigenvalue weighted by molar-refractivity contribution is -0.155. The van der Waals surface area contributed by atoms with E-state index in [1.54, 1.807) is 33.7 Å². The zero-order valence-corrected chi connectivity index (χ0v) is 25.7. The fourth-order valence-electron chi connectivity index (χ4n) is 7.34. The lowest BCUT2D eigenvalue weighted by atomic mass is 9.66. The number of carbonyl (C=O) groups excluding carboxylic acids is 3. The zero-order valence-electron chi connectivity index (χ0n) is 24.9. The average molecular weight is 583 g/mol. The number of rotatable bonds is 15. The summed E-state index contributed by atoms with van der Waals surface area (Å²) in [6.45, 7) is 15.0. The number of ether oxygens (including phenoxy) is 1. The number of unbranched alkanes of at least 4 members (excludes halogenated alkanes) is 4. The van der Waals surface area contributed by atoms with Crippen molar-refractivity contribution in [1.82, 2.24) is 4.90 Å². The Morgan fingerprint density at radius 1 is 1.12 bits per heavy atom. The summed E-state index contributed by atoms with van der Waals surface area (Å²) in [5, 5.41) is 9.20. The Labute approximate surface area is 249 Å². The molecule has 3 fully saturated rings. The van der Waals surface area contributed by atoms with E-state index in [2.05, 4.69) is 20.1 Å². The number of hydrogen-bond donors (Lipinski definition) is 1. The van der Waals surface area contributed by atoms with Crippen LogP contribution < -0.4 is 4.90 Å². The molecule has 2 amide bonds. The van der Waals surface area contributed by atoms with Gasteiger partial charge in [-0.2, -0.15) is 0 Å². The number of aliphatic hydroxyl groups is 1. The van der Waals surface area contributed by atoms with Gasteiger partial charge in [0.05, 0.1) is 23.2 Å². The Bertz CT molecular complexity index is 1150. The first-order chi connectivity index (χ1) is 19.7. The molecular formula is C33H46N2O5S. The van der Waals surface area contributed by atoms with Crippen LogP contribution in [0.1, 0.15) is 69.4 Å². The topological polar surface area (TPSA) is 87.1 Å². The number of hydrogen-bond acceptors (Lipinski definition) is 6. The Morgan fingerprint density at radius 2 is 1.83 bits per heavy atom. The maximum atomic E-state index is 14.8. The van der Waals surface area contributed by atoms with Crippen LogP contribution in [0, 0.1) is 25.7 Å². The number of nitrogens with zero attached hydrogens (tertiary/aromatic N) is 2. The van der Waals surface area contributed by atoms with Gasteiger partial charge in [0.15, 0.2) is 0 Å². The normalized spacial score (nSPS) is 28.0. The van der Waals surface area contributed by atoms with Gasteiger partial charge in [0, 0.05) is 30.1 Å². The Morgan fingerprint density at radius 3 is 2.49 bits per heavy atom. The molecule has 8 heteroatoms. The summed E-state index contributed by atoms with van der Waals surface area (Å²) in [7, 11) is 0. The van der Waals surface area contributed by atoms with Crippen molar-refractivity contribution in [2.45, 2.75) is 87.7 Å². The summed E-state index contributed by atoms with van der Waals surface area (Å²) >= 11 is 1.68. The van der Waals surface area contributed by atoms with Crippen LogP contribution in [0.2, 0.25) is 0 Å². The van der Waals surface area contributed by atoms with Gasteiger partial charge in [-0.1, -0.05) is 43.2 Å². The second-order valence-electron chi connectivity index (χ2n) is 12.0. The lowest BCUT2D eigenvalue weighted by Gasteiger charge is -2.38. The number of thioether (sulfide) groups is 1. The SMILES string of the molecule is C=CCCCOC(=O)[C@@H]1[C@H]2C(=O)N(CCCCCCO)C(C(=O)N(CC=C)c3c(C)cccc3C)C23CC[C@@]1(C)S3. The summed E-state index contributed by atoms with van der Waals surface area (Å²) in [5.74, 6) is -1.70. The van der Waals surface area contributed by atoms with Gasteiger partial charge in [-0.15, -0.1) is 24.9 Å². The van der Waals surface area contributed by atoms with Crippen molar-refractivity contribution in [3.63, 3.8) is 0 Å². The van der Waals surface area contributed by atoms with Crippen molar-refractivity contribution >= 4 is 35.2 Å². The fourth-order valence-corrected chi connectivity index (χ4v) is 9.68. The molecule has 3 saturated heterocycles. The van der Waals surface area contributed by atoms with E-state index in [0.29, 0.717) is 32.5 Å². The molecule has 224 valence electrons. The molecule has 1 aromatic rings. The van der Waals surface area contributed by atoms with Gasteiger partial charge in [-0.3, -0.25) is 14.4 Å². The molecule has 3 aliphatic heterocycles. The molecule has 41 heavy (non-hydrogen) atoms. The third-order valence-corrected chi connectivity index (χ3v) is 11.1. The van der Waals surface area contributed by atoms with E-state index in [0.717, 1.165) is 55.3 Å². The average Bonchev–Trinajstić information content (AvgIpc) is 3.50. The van der Waals surface area contributed by atoms with Gasteiger partial charge in [0.25, 0.3) is 5.91 Å². The second-order valence-corrected chi connectivity index (χ2v) is 13.9. The highest BCUT2D eigenvalue weighted by Crippen LogP contribution is 2.71. The van der Waals surface area contributed by atoms with Crippen LogP contribution in [0.15, 0.2) is 43.5 Å². The predicted molar refractivity (Wildman–Crippen MR) is 165 cm³/mol. The van der Waals surface area contributed by atoms with E-state index in [1.807, 2.05) is 32.0 Å². The molecule has 5 atom stereocenters. The van der Waals surface area contributed by atoms with Gasteiger partial charge >= 0.3 is 5.97 Å². The first-order valence-corrected chi connectivity index (χ1v) is 15.9. The summed E-state index contributed by atoms with van der Waals surface area (Å²) in [4.78, 5) is 46.3. The first kappa shape index (κ1) is 31.4. The predicted octanol–water partition coefficient (Wildman–Crippen LogP) is 5.37. The summed E-state index contributed by atoms with van der Waals surface area (Å²) in [6.07, 6.45) is 9.63. The molecule has 1 aromatic carbocycles. The minimum atomic E-state index is -0.686. The fraction of sp³-hybridized carbons (Fsp3) is 0.606. The molecule has 1 spiro atoms. The molecule has 3 heterocycles. The van der Waals surface area contributed by atoms with E-state index in [1.165, 1.54) is 0 Å². The van der Waals surface area contributed by atoms with Crippen molar-refractivity contribution < 1.29 is 24.2 Å². The third-order valence-electron chi connectivity index (χ3n) is 9.16. The smallest absolute Gasteiger partial charge is 0.311 e. The van der Waals surface area contributed by atoms with Gasteiger partial charge in [-0.25, -0.2) is 0 Å². The molecule has 0 aromatic heterocycles. The Kier molecular flexibility index (Phi) is 10.1. The van der Waals surface area contributed by atoms with Crippen molar-refractivity contribution in [3.05, 3.63) is 54.6 Å². The zero-order chi connectivity index (χ0) is 29.8. The van der Waals surface area contributed by atoms with Crippen LogP contribution in [0.3, 0.4) is 0 Å². The van der Waals surface area contributed by atoms with E-state index in [4.69, 9.17) is 4.74 Å². The number of anilines is 1. The minimum absolute atomic E-state index is 0.102. The molecule has 1 N–H and O–H groups in total. The summed E-state index contributed by atoms with van der Waals surface area (Å²) < 4.78 is 4.60. The van der Waals surface area contributed by atoms with Crippen molar-refractivity contribution in [2.24, 2.45) is 11.8 Å². The van der Waals surface area contributed by atoms with E-state index >= 15 is 0 Å². The quantitative estimate of drug-likeness (QED) is 0.170. The standard InChI is InChI=1S/C33H46N2O5S/c1-6-8-13-22-40-31(39)26-25-29(37)35(20-11-9-10-12-21-36)28(33(25)18-17-32(26,5)41-33)30(38)34(19-7-2)27-23(3)15-14-16-24(27)4/h6-7,14-16,25-26,28,36H,1-2,8-13,17-22H2,3-5H3/t25-,26-,28?,32+,33?/m0/s1. The number of fused-ring (bicyclic) bond motifs is 1. The number of benzene rings is 1. The number of esters is 1. The van der Waals surface area contributed by atoms with Crippen LogP contribution >= 0.6 is 11.8 Å².